The molecule has 112 valence electrons. The summed E-state index contributed by atoms with van der Waals surface area (Å²) in [4.78, 5) is 22.2. The first kappa shape index (κ1) is 16.3. The monoisotopic (exact) mass is 334 g/mol. The third-order valence-electron chi connectivity index (χ3n) is 3.11. The standard InChI is InChI=1S/C16H12Cl2N2O2/c1-9-7-11(15(17)21)3-5-13(9)19-20-14-6-4-12(16(18)22)8-10(14)2/h3-8H,1-2H3. The highest BCUT2D eigenvalue weighted by atomic mass is 35.5. The first-order valence-electron chi connectivity index (χ1n) is 6.41. The molecule has 2 rings (SSSR count). The number of azo groups is 1. The van der Waals surface area contributed by atoms with Gasteiger partial charge in [0.2, 0.25) is 0 Å². The van der Waals surface area contributed by atoms with Gasteiger partial charge in [0.15, 0.2) is 0 Å². The van der Waals surface area contributed by atoms with Crippen LogP contribution in [0.2, 0.25) is 0 Å². The Bertz CT molecular complexity index is 720. The van der Waals surface area contributed by atoms with E-state index in [1.807, 2.05) is 13.8 Å². The molecule has 0 saturated carbocycles. The summed E-state index contributed by atoms with van der Waals surface area (Å²) < 4.78 is 0. The van der Waals surface area contributed by atoms with Gasteiger partial charge in [-0.1, -0.05) is 0 Å². The second kappa shape index (κ2) is 6.81. The fourth-order valence-corrected chi connectivity index (χ4v) is 2.12. The molecule has 0 aliphatic heterocycles. The zero-order valence-electron chi connectivity index (χ0n) is 11.9. The second-order valence-electron chi connectivity index (χ2n) is 4.75. The van der Waals surface area contributed by atoms with Gasteiger partial charge in [-0.2, -0.15) is 10.2 Å². The molecule has 0 aliphatic carbocycles. The third kappa shape index (κ3) is 3.78. The average Bonchev–Trinajstić information content (AvgIpc) is 2.46. The summed E-state index contributed by atoms with van der Waals surface area (Å²) in [6.07, 6.45) is 0. The molecule has 2 aromatic carbocycles. The van der Waals surface area contributed by atoms with Crippen molar-refractivity contribution in [2.45, 2.75) is 13.8 Å². The smallest absolute Gasteiger partial charge is 0.252 e. The maximum absolute atomic E-state index is 11.1. The summed E-state index contributed by atoms with van der Waals surface area (Å²) in [5, 5.41) is 7.31. The molecule has 0 aliphatic rings. The van der Waals surface area contributed by atoms with Gasteiger partial charge in [0.05, 0.1) is 11.4 Å². The molecule has 0 unspecified atom stereocenters. The summed E-state index contributed by atoms with van der Waals surface area (Å²) in [5.41, 5.74) is 3.69. The minimum Gasteiger partial charge on any atom is -0.276 e. The summed E-state index contributed by atoms with van der Waals surface area (Å²) >= 11 is 10.9. The quantitative estimate of drug-likeness (QED) is 0.549. The van der Waals surface area contributed by atoms with Crippen molar-refractivity contribution in [3.8, 4) is 0 Å². The summed E-state index contributed by atoms with van der Waals surface area (Å²) in [6, 6.07) is 9.87. The lowest BCUT2D eigenvalue weighted by molar-refractivity contribution is 0.107. The van der Waals surface area contributed by atoms with Gasteiger partial charge in [0.1, 0.15) is 0 Å². The molecular formula is C16H12Cl2N2O2. The zero-order valence-corrected chi connectivity index (χ0v) is 13.4. The Morgan fingerprint density at radius 1 is 0.773 bits per heavy atom. The Kier molecular flexibility index (Phi) is 5.06. The fourth-order valence-electron chi connectivity index (χ4n) is 1.89. The summed E-state index contributed by atoms with van der Waals surface area (Å²) in [7, 11) is 0. The van der Waals surface area contributed by atoms with E-state index in [1.54, 1.807) is 36.4 Å². The van der Waals surface area contributed by atoms with Crippen LogP contribution in [0.3, 0.4) is 0 Å². The van der Waals surface area contributed by atoms with Crippen LogP contribution in [0.4, 0.5) is 11.4 Å². The molecule has 0 fully saturated rings. The normalized spacial score (nSPS) is 10.9. The number of halogens is 2. The van der Waals surface area contributed by atoms with Crippen molar-refractivity contribution in [1.29, 1.82) is 0 Å². The van der Waals surface area contributed by atoms with Crippen LogP contribution in [-0.4, -0.2) is 10.5 Å². The Morgan fingerprint density at radius 2 is 1.14 bits per heavy atom. The molecule has 0 atom stereocenters. The number of carbonyl (C=O) groups excluding carboxylic acids is 2. The fraction of sp³-hybridized carbons (Fsp3) is 0.125. The lowest BCUT2D eigenvalue weighted by Crippen LogP contribution is -1.89. The van der Waals surface area contributed by atoms with E-state index >= 15 is 0 Å². The van der Waals surface area contributed by atoms with E-state index in [0.29, 0.717) is 22.5 Å². The number of aryl methyl sites for hydroxylation is 2. The summed E-state index contributed by atoms with van der Waals surface area (Å²) in [6.45, 7) is 3.64. The number of rotatable bonds is 4. The van der Waals surface area contributed by atoms with E-state index in [1.165, 1.54) is 0 Å². The topological polar surface area (TPSA) is 58.9 Å². The number of nitrogens with zero attached hydrogens (tertiary/aromatic N) is 2. The highest BCUT2D eigenvalue weighted by Crippen LogP contribution is 2.26. The molecule has 0 amide bonds. The molecule has 0 radical (unpaired) electrons. The maximum Gasteiger partial charge on any atom is 0.252 e. The highest BCUT2D eigenvalue weighted by Gasteiger charge is 2.06. The largest absolute Gasteiger partial charge is 0.276 e. The van der Waals surface area contributed by atoms with Crippen molar-refractivity contribution in [2.24, 2.45) is 10.2 Å². The summed E-state index contributed by atoms with van der Waals surface area (Å²) in [5.74, 6) is 0. The first-order chi connectivity index (χ1) is 10.4. The lowest BCUT2D eigenvalue weighted by Gasteiger charge is -2.03. The SMILES string of the molecule is Cc1cc(C(=O)Cl)ccc1N=Nc1ccc(C(=O)Cl)cc1C. The van der Waals surface area contributed by atoms with Crippen LogP contribution in [-0.2, 0) is 0 Å². The molecule has 22 heavy (non-hydrogen) atoms. The molecule has 2 aromatic rings. The van der Waals surface area contributed by atoms with E-state index in [2.05, 4.69) is 10.2 Å². The van der Waals surface area contributed by atoms with Gasteiger partial charge in [-0.05, 0) is 84.6 Å². The van der Waals surface area contributed by atoms with Crippen LogP contribution in [0.15, 0.2) is 46.6 Å². The van der Waals surface area contributed by atoms with E-state index in [9.17, 15) is 9.59 Å². The van der Waals surface area contributed by atoms with Gasteiger partial charge in [-0.15, -0.1) is 0 Å². The van der Waals surface area contributed by atoms with Crippen LogP contribution >= 0.6 is 23.2 Å². The lowest BCUT2D eigenvalue weighted by atomic mass is 10.1. The van der Waals surface area contributed by atoms with Crippen LogP contribution in [0.1, 0.15) is 31.8 Å². The molecular weight excluding hydrogens is 323 g/mol. The Balaban J connectivity index is 2.29. The maximum atomic E-state index is 11.1. The van der Waals surface area contributed by atoms with Gasteiger partial charge in [0, 0.05) is 11.1 Å². The molecule has 0 N–H and O–H groups in total. The number of hydrogen-bond donors (Lipinski definition) is 0. The Labute approximate surface area is 137 Å². The van der Waals surface area contributed by atoms with Crippen LogP contribution in [0.25, 0.3) is 0 Å². The Hall–Kier alpha value is -2.04. The highest BCUT2D eigenvalue weighted by molar-refractivity contribution is 6.68. The molecule has 0 aromatic heterocycles. The molecule has 0 spiro atoms. The van der Waals surface area contributed by atoms with E-state index in [-0.39, 0.29) is 0 Å². The number of hydrogen-bond acceptors (Lipinski definition) is 4. The van der Waals surface area contributed by atoms with Crippen LogP contribution in [0.5, 0.6) is 0 Å². The second-order valence-corrected chi connectivity index (χ2v) is 5.44. The van der Waals surface area contributed by atoms with E-state index < -0.39 is 10.5 Å². The minimum absolute atomic E-state index is 0.416. The Morgan fingerprint density at radius 3 is 1.41 bits per heavy atom. The predicted molar refractivity (Wildman–Crippen MR) is 86.9 cm³/mol. The van der Waals surface area contributed by atoms with Gasteiger partial charge in [-0.3, -0.25) is 9.59 Å². The van der Waals surface area contributed by atoms with Crippen molar-refractivity contribution in [3.05, 3.63) is 58.7 Å². The molecule has 0 bridgehead atoms. The van der Waals surface area contributed by atoms with Crippen LogP contribution in [0, 0.1) is 13.8 Å². The van der Waals surface area contributed by atoms with Crippen molar-refractivity contribution in [3.63, 3.8) is 0 Å². The molecule has 6 heteroatoms. The van der Waals surface area contributed by atoms with Crippen molar-refractivity contribution >= 4 is 45.1 Å². The average molecular weight is 335 g/mol. The molecule has 0 saturated heterocycles. The van der Waals surface area contributed by atoms with Gasteiger partial charge < -0.3 is 0 Å². The van der Waals surface area contributed by atoms with Gasteiger partial charge >= 0.3 is 0 Å². The first-order valence-corrected chi connectivity index (χ1v) is 7.17. The van der Waals surface area contributed by atoms with Crippen molar-refractivity contribution < 1.29 is 9.59 Å². The van der Waals surface area contributed by atoms with Crippen molar-refractivity contribution in [1.82, 2.24) is 0 Å². The molecule has 4 nitrogen and oxygen atoms in total. The number of carbonyl (C=O) groups is 2. The van der Waals surface area contributed by atoms with E-state index in [4.69, 9.17) is 23.2 Å². The predicted octanol–water partition coefficient (Wildman–Crippen LogP) is 5.48. The van der Waals surface area contributed by atoms with Crippen molar-refractivity contribution in [2.75, 3.05) is 0 Å². The van der Waals surface area contributed by atoms with Gasteiger partial charge in [0.25, 0.3) is 10.5 Å². The van der Waals surface area contributed by atoms with Crippen LogP contribution < -0.4 is 0 Å². The zero-order chi connectivity index (χ0) is 16.3. The molecule has 0 heterocycles. The van der Waals surface area contributed by atoms with E-state index in [0.717, 1.165) is 11.1 Å². The van der Waals surface area contributed by atoms with Gasteiger partial charge in [-0.25, -0.2) is 0 Å². The minimum atomic E-state index is -0.510. The third-order valence-corrected chi connectivity index (χ3v) is 3.55. The number of benzene rings is 2.